The Kier molecular flexibility index (Phi) is 3.71. The number of aromatic nitrogens is 1. The molecule has 108 valence electrons. The Bertz CT molecular complexity index is 642. The number of amides is 1. The number of nitrogens with one attached hydrogen (secondary N) is 1. The van der Waals surface area contributed by atoms with Crippen LogP contribution in [0.15, 0.2) is 48.7 Å². The second kappa shape index (κ2) is 5.66. The molecule has 1 aromatic heterocycles. The molecule has 1 aromatic carbocycles. The molecule has 1 heterocycles. The Balaban J connectivity index is 1.65. The van der Waals surface area contributed by atoms with Crippen LogP contribution in [0.2, 0.25) is 0 Å². The maximum atomic E-state index is 12.0. The Morgan fingerprint density at radius 3 is 2.71 bits per heavy atom. The van der Waals surface area contributed by atoms with E-state index in [1.807, 2.05) is 18.2 Å². The van der Waals surface area contributed by atoms with Crippen LogP contribution >= 0.6 is 0 Å². The predicted octanol–water partition coefficient (Wildman–Crippen LogP) is 1.73. The lowest BCUT2D eigenvalue weighted by Crippen LogP contribution is -2.46. The van der Waals surface area contributed by atoms with Crippen LogP contribution in [0.25, 0.3) is 0 Å². The summed E-state index contributed by atoms with van der Waals surface area (Å²) in [5, 5.41) is 13.5. The molecule has 0 radical (unpaired) electrons. The molecule has 4 heteroatoms. The molecular weight excluding hydrogens is 264 g/mol. The highest BCUT2D eigenvalue weighted by molar-refractivity contribution is 5.92. The minimum Gasteiger partial charge on any atom is -0.388 e. The van der Waals surface area contributed by atoms with E-state index in [9.17, 15) is 9.90 Å². The first kappa shape index (κ1) is 13.8. The molecule has 3 rings (SSSR count). The monoisotopic (exact) mass is 282 g/mol. The molecule has 1 amide bonds. The van der Waals surface area contributed by atoms with Crippen molar-refractivity contribution in [3.8, 4) is 0 Å². The maximum absolute atomic E-state index is 12.0. The summed E-state index contributed by atoms with van der Waals surface area (Å²) >= 11 is 0. The summed E-state index contributed by atoms with van der Waals surface area (Å²) in [5.41, 5.74) is 1.95. The van der Waals surface area contributed by atoms with Gasteiger partial charge in [0.1, 0.15) is 5.69 Å². The van der Waals surface area contributed by atoms with Gasteiger partial charge in [-0.2, -0.15) is 0 Å². The average molecular weight is 282 g/mol. The van der Waals surface area contributed by atoms with Crippen LogP contribution in [0.4, 0.5) is 0 Å². The van der Waals surface area contributed by atoms with Crippen molar-refractivity contribution >= 4 is 5.91 Å². The fraction of sp³-hybridized carbons (Fsp3) is 0.294. The van der Waals surface area contributed by atoms with E-state index in [-0.39, 0.29) is 12.5 Å². The van der Waals surface area contributed by atoms with E-state index in [0.717, 1.165) is 6.42 Å². The lowest BCUT2D eigenvalue weighted by atomic mass is 9.80. The van der Waals surface area contributed by atoms with E-state index in [0.29, 0.717) is 18.5 Å². The Morgan fingerprint density at radius 1 is 1.19 bits per heavy atom. The molecular formula is C17H18N2O2. The number of nitrogens with zero attached hydrogens (tertiary/aromatic N) is 1. The zero-order chi connectivity index (χ0) is 14.7. The molecule has 1 aliphatic carbocycles. The van der Waals surface area contributed by atoms with Gasteiger partial charge in [0.05, 0.1) is 5.60 Å². The van der Waals surface area contributed by atoms with Crippen molar-refractivity contribution in [3.63, 3.8) is 0 Å². The SMILES string of the molecule is O=C(NCC1(O)CCc2ccccc2C1)c1ccccn1. The van der Waals surface area contributed by atoms with Gasteiger partial charge in [-0.1, -0.05) is 30.3 Å². The third kappa shape index (κ3) is 3.11. The topological polar surface area (TPSA) is 62.2 Å². The van der Waals surface area contributed by atoms with Crippen LogP contribution in [-0.2, 0) is 12.8 Å². The summed E-state index contributed by atoms with van der Waals surface area (Å²) in [5.74, 6) is -0.247. The van der Waals surface area contributed by atoms with Crippen molar-refractivity contribution in [1.82, 2.24) is 10.3 Å². The molecule has 0 bridgehead atoms. The largest absolute Gasteiger partial charge is 0.388 e. The van der Waals surface area contributed by atoms with Gasteiger partial charge in [-0.3, -0.25) is 9.78 Å². The van der Waals surface area contributed by atoms with Gasteiger partial charge in [-0.15, -0.1) is 0 Å². The number of carbonyl (C=O) groups excluding carboxylic acids is 1. The number of pyridine rings is 1. The summed E-state index contributed by atoms with van der Waals surface area (Å²) in [6.07, 6.45) is 3.66. The third-order valence-electron chi connectivity index (χ3n) is 3.97. The van der Waals surface area contributed by atoms with E-state index in [1.54, 1.807) is 24.4 Å². The van der Waals surface area contributed by atoms with Gasteiger partial charge in [-0.25, -0.2) is 0 Å². The zero-order valence-corrected chi connectivity index (χ0v) is 11.7. The molecule has 0 spiro atoms. The van der Waals surface area contributed by atoms with Crippen molar-refractivity contribution in [2.75, 3.05) is 6.54 Å². The van der Waals surface area contributed by atoms with Crippen LogP contribution in [-0.4, -0.2) is 28.1 Å². The van der Waals surface area contributed by atoms with E-state index in [1.165, 1.54) is 11.1 Å². The average Bonchev–Trinajstić information content (AvgIpc) is 2.53. The second-order valence-electron chi connectivity index (χ2n) is 5.57. The predicted molar refractivity (Wildman–Crippen MR) is 80.0 cm³/mol. The first-order chi connectivity index (χ1) is 10.2. The number of hydrogen-bond acceptors (Lipinski definition) is 3. The van der Waals surface area contributed by atoms with Crippen molar-refractivity contribution in [2.24, 2.45) is 0 Å². The number of fused-ring (bicyclic) bond motifs is 1. The van der Waals surface area contributed by atoms with Gasteiger partial charge in [0.2, 0.25) is 0 Å². The maximum Gasteiger partial charge on any atom is 0.269 e. The molecule has 21 heavy (non-hydrogen) atoms. The first-order valence-electron chi connectivity index (χ1n) is 7.15. The van der Waals surface area contributed by atoms with Gasteiger partial charge in [0.15, 0.2) is 0 Å². The van der Waals surface area contributed by atoms with Crippen LogP contribution in [0.1, 0.15) is 28.0 Å². The fourth-order valence-electron chi connectivity index (χ4n) is 2.77. The van der Waals surface area contributed by atoms with Gasteiger partial charge in [-0.05, 0) is 36.1 Å². The third-order valence-corrected chi connectivity index (χ3v) is 3.97. The number of aliphatic hydroxyl groups is 1. The molecule has 2 N–H and O–H groups in total. The summed E-state index contributed by atoms with van der Waals surface area (Å²) in [6.45, 7) is 0.247. The molecule has 0 aliphatic heterocycles. The number of rotatable bonds is 3. The van der Waals surface area contributed by atoms with E-state index in [4.69, 9.17) is 0 Å². The van der Waals surface area contributed by atoms with Crippen molar-refractivity contribution < 1.29 is 9.90 Å². The Morgan fingerprint density at radius 2 is 1.95 bits per heavy atom. The number of hydrogen-bond donors (Lipinski definition) is 2. The van der Waals surface area contributed by atoms with Crippen LogP contribution < -0.4 is 5.32 Å². The highest BCUT2D eigenvalue weighted by atomic mass is 16.3. The van der Waals surface area contributed by atoms with Crippen LogP contribution in [0.3, 0.4) is 0 Å². The molecule has 0 fully saturated rings. The lowest BCUT2D eigenvalue weighted by molar-refractivity contribution is 0.0259. The first-order valence-corrected chi connectivity index (χ1v) is 7.15. The molecule has 1 atom stereocenters. The highest BCUT2D eigenvalue weighted by Gasteiger charge is 2.32. The lowest BCUT2D eigenvalue weighted by Gasteiger charge is -2.33. The molecule has 4 nitrogen and oxygen atoms in total. The van der Waals surface area contributed by atoms with Gasteiger partial charge >= 0.3 is 0 Å². The second-order valence-corrected chi connectivity index (χ2v) is 5.57. The van der Waals surface area contributed by atoms with Crippen molar-refractivity contribution in [2.45, 2.75) is 24.9 Å². The van der Waals surface area contributed by atoms with Crippen molar-refractivity contribution in [1.29, 1.82) is 0 Å². The zero-order valence-electron chi connectivity index (χ0n) is 11.7. The standard InChI is InChI=1S/C17H18N2O2/c20-16(15-7-3-4-10-18-15)19-12-17(21)9-8-13-5-1-2-6-14(13)11-17/h1-7,10,21H,8-9,11-12H2,(H,19,20). The minimum absolute atomic E-state index is 0.247. The number of benzene rings is 1. The van der Waals surface area contributed by atoms with E-state index in [2.05, 4.69) is 16.4 Å². The molecule has 1 unspecified atom stereocenters. The quantitative estimate of drug-likeness (QED) is 0.901. The van der Waals surface area contributed by atoms with E-state index >= 15 is 0 Å². The number of carbonyl (C=O) groups is 1. The van der Waals surface area contributed by atoms with Gasteiger partial charge in [0, 0.05) is 19.2 Å². The highest BCUT2D eigenvalue weighted by Crippen LogP contribution is 2.28. The van der Waals surface area contributed by atoms with Crippen LogP contribution in [0.5, 0.6) is 0 Å². The summed E-state index contributed by atoms with van der Waals surface area (Å²) < 4.78 is 0. The molecule has 2 aromatic rings. The molecule has 0 saturated heterocycles. The van der Waals surface area contributed by atoms with Crippen LogP contribution in [0, 0.1) is 0 Å². The summed E-state index contributed by atoms with van der Waals surface area (Å²) in [6, 6.07) is 13.3. The van der Waals surface area contributed by atoms with Crippen molar-refractivity contribution in [3.05, 3.63) is 65.5 Å². The summed E-state index contributed by atoms with van der Waals surface area (Å²) in [4.78, 5) is 16.0. The minimum atomic E-state index is -0.876. The molecule has 0 saturated carbocycles. The van der Waals surface area contributed by atoms with Gasteiger partial charge < -0.3 is 10.4 Å². The van der Waals surface area contributed by atoms with E-state index < -0.39 is 5.60 Å². The summed E-state index contributed by atoms with van der Waals surface area (Å²) in [7, 11) is 0. The fourth-order valence-corrected chi connectivity index (χ4v) is 2.77. The smallest absolute Gasteiger partial charge is 0.269 e. The Hall–Kier alpha value is -2.20. The molecule has 1 aliphatic rings. The Labute approximate surface area is 123 Å². The van der Waals surface area contributed by atoms with Gasteiger partial charge in [0.25, 0.3) is 5.91 Å². The normalized spacial score (nSPS) is 20.6. The number of aryl methyl sites for hydroxylation is 1.